The molecule has 28 heavy (non-hydrogen) atoms. The monoisotopic (exact) mass is 419 g/mol. The van der Waals surface area contributed by atoms with Gasteiger partial charge in [-0.15, -0.1) is 0 Å². The molecule has 3 aromatic rings. The van der Waals surface area contributed by atoms with Gasteiger partial charge >= 0.3 is 0 Å². The molecule has 0 atom stereocenters. The summed E-state index contributed by atoms with van der Waals surface area (Å²) >= 11 is 6.11. The van der Waals surface area contributed by atoms with E-state index in [-0.39, 0.29) is 10.9 Å². The summed E-state index contributed by atoms with van der Waals surface area (Å²) in [6, 6.07) is 11.0. The van der Waals surface area contributed by atoms with Gasteiger partial charge in [0.1, 0.15) is 5.75 Å². The number of nitrogens with one attached hydrogen (secondary N) is 2. The Morgan fingerprint density at radius 3 is 2.54 bits per heavy atom. The average molecular weight is 420 g/mol. The minimum absolute atomic E-state index is 0.114. The Labute approximate surface area is 167 Å². The molecule has 0 spiro atoms. The molecule has 0 fully saturated rings. The number of hydrazone groups is 1. The molecule has 0 aliphatic carbocycles. The molecule has 146 valence electrons. The molecule has 0 radical (unpaired) electrons. The highest BCUT2D eigenvalue weighted by atomic mass is 35.5. The number of nitrogens with two attached hydrogens (primary N) is 1. The van der Waals surface area contributed by atoms with Crippen molar-refractivity contribution in [1.29, 1.82) is 5.41 Å². The van der Waals surface area contributed by atoms with Gasteiger partial charge < -0.3 is 10.5 Å². The number of rotatable bonds is 5. The van der Waals surface area contributed by atoms with E-state index in [2.05, 4.69) is 10.5 Å². The molecule has 0 bridgehead atoms. The quantitative estimate of drug-likeness (QED) is 0.333. The van der Waals surface area contributed by atoms with E-state index < -0.39 is 10.0 Å². The normalized spacial score (nSPS) is 12.2. The first-order valence-corrected chi connectivity index (χ1v) is 9.91. The zero-order chi connectivity index (χ0) is 20.5. The molecular weight excluding hydrogens is 402 g/mol. The molecule has 0 amide bonds. The fourth-order valence-corrected chi connectivity index (χ4v) is 4.27. The van der Waals surface area contributed by atoms with Crippen molar-refractivity contribution in [1.82, 2.24) is 9.40 Å². The lowest BCUT2D eigenvalue weighted by molar-refractivity contribution is 0.414. The molecule has 10 heteroatoms. The number of guanidine groups is 1. The minimum atomic E-state index is -3.87. The maximum Gasteiger partial charge on any atom is 0.268 e. The Kier molecular flexibility index (Phi) is 5.30. The summed E-state index contributed by atoms with van der Waals surface area (Å²) < 4.78 is 32.7. The van der Waals surface area contributed by atoms with Crippen molar-refractivity contribution in [3.05, 3.63) is 59.2 Å². The van der Waals surface area contributed by atoms with Crippen LogP contribution in [0, 0.1) is 5.41 Å². The summed E-state index contributed by atoms with van der Waals surface area (Å²) in [5, 5.41) is 12.3. The topological polar surface area (TPSA) is 123 Å². The van der Waals surface area contributed by atoms with Gasteiger partial charge in [0.05, 0.1) is 23.2 Å². The number of ether oxygens (including phenoxy) is 1. The fraction of sp³-hybridized carbons (Fsp3) is 0.111. The second kappa shape index (κ2) is 7.53. The van der Waals surface area contributed by atoms with Crippen LogP contribution in [0.1, 0.15) is 12.5 Å². The first-order chi connectivity index (χ1) is 13.2. The van der Waals surface area contributed by atoms with Crippen LogP contribution >= 0.6 is 11.6 Å². The van der Waals surface area contributed by atoms with Gasteiger partial charge in [-0.1, -0.05) is 11.6 Å². The Balaban J connectivity index is 2.20. The summed E-state index contributed by atoms with van der Waals surface area (Å²) in [5.41, 5.74) is 9.07. The predicted octanol–water partition coefficient (Wildman–Crippen LogP) is 2.75. The van der Waals surface area contributed by atoms with E-state index in [0.717, 1.165) is 0 Å². The largest absolute Gasteiger partial charge is 0.497 e. The third-order valence-corrected chi connectivity index (χ3v) is 6.01. The van der Waals surface area contributed by atoms with Gasteiger partial charge in [0.2, 0.25) is 5.96 Å². The van der Waals surface area contributed by atoms with Crippen molar-refractivity contribution in [3.8, 4) is 5.75 Å². The molecule has 4 N–H and O–H groups in total. The van der Waals surface area contributed by atoms with Gasteiger partial charge in [0.15, 0.2) is 0 Å². The molecule has 3 rings (SSSR count). The minimum Gasteiger partial charge on any atom is -0.497 e. The van der Waals surface area contributed by atoms with Crippen molar-refractivity contribution in [2.45, 2.75) is 11.8 Å². The standard InChI is InChI=1S/C18H18ClN5O3S/c1-11(22-23-18(20)21)16-10-24(17-8-3-12(19)9-15(16)17)28(25,26)14-6-4-13(27-2)5-7-14/h3-10H,1-2H3,(H4,20,21,23)/b22-11-. The number of methoxy groups -OCH3 is 1. The second-order valence-corrected chi connectivity index (χ2v) is 8.15. The average Bonchev–Trinajstić information content (AvgIpc) is 3.05. The van der Waals surface area contributed by atoms with E-state index in [0.29, 0.717) is 33.0 Å². The molecule has 1 heterocycles. The Bertz CT molecular complexity index is 1180. The Morgan fingerprint density at radius 1 is 1.25 bits per heavy atom. The molecule has 0 aliphatic rings. The zero-order valence-electron chi connectivity index (χ0n) is 15.1. The van der Waals surface area contributed by atoms with E-state index in [1.165, 1.54) is 29.4 Å². The lowest BCUT2D eigenvalue weighted by Crippen LogP contribution is -2.26. The van der Waals surface area contributed by atoms with Crippen molar-refractivity contribution in [3.63, 3.8) is 0 Å². The Hall–Kier alpha value is -3.04. The highest BCUT2D eigenvalue weighted by Crippen LogP contribution is 2.29. The summed E-state index contributed by atoms with van der Waals surface area (Å²) in [5.74, 6) is 0.231. The first-order valence-electron chi connectivity index (χ1n) is 8.09. The van der Waals surface area contributed by atoms with E-state index in [1.807, 2.05) is 0 Å². The number of aromatic nitrogens is 1. The summed E-state index contributed by atoms with van der Waals surface area (Å²) in [4.78, 5) is 0.114. The van der Waals surface area contributed by atoms with E-state index in [4.69, 9.17) is 27.5 Å². The third-order valence-electron chi connectivity index (χ3n) is 4.08. The maximum absolute atomic E-state index is 13.2. The van der Waals surface area contributed by atoms with E-state index >= 15 is 0 Å². The third kappa shape index (κ3) is 3.67. The lowest BCUT2D eigenvalue weighted by atomic mass is 10.1. The fourth-order valence-electron chi connectivity index (χ4n) is 2.73. The van der Waals surface area contributed by atoms with Crippen LogP contribution < -0.4 is 15.9 Å². The number of fused-ring (bicyclic) bond motifs is 1. The number of nitrogens with zero attached hydrogens (tertiary/aromatic N) is 2. The molecule has 0 unspecified atom stereocenters. The van der Waals surface area contributed by atoms with E-state index in [1.54, 1.807) is 37.3 Å². The van der Waals surface area contributed by atoms with Crippen LogP contribution in [0.2, 0.25) is 5.02 Å². The summed E-state index contributed by atoms with van der Waals surface area (Å²) in [6.07, 6.45) is 1.47. The van der Waals surface area contributed by atoms with Crippen molar-refractivity contribution in [2.75, 3.05) is 7.11 Å². The van der Waals surface area contributed by atoms with Gasteiger partial charge in [-0.25, -0.2) is 17.8 Å². The number of hydrogen-bond donors (Lipinski definition) is 3. The summed E-state index contributed by atoms with van der Waals surface area (Å²) in [6.45, 7) is 1.68. The number of hydrogen-bond acceptors (Lipinski definition) is 5. The highest BCUT2D eigenvalue weighted by Gasteiger charge is 2.22. The van der Waals surface area contributed by atoms with Crippen LogP contribution in [0.15, 0.2) is 58.7 Å². The Morgan fingerprint density at radius 2 is 1.93 bits per heavy atom. The van der Waals surface area contributed by atoms with Crippen LogP contribution in [0.25, 0.3) is 10.9 Å². The lowest BCUT2D eigenvalue weighted by Gasteiger charge is -2.08. The van der Waals surface area contributed by atoms with Crippen molar-refractivity contribution < 1.29 is 13.2 Å². The van der Waals surface area contributed by atoms with Gasteiger partial charge in [-0.3, -0.25) is 5.41 Å². The number of halogens is 1. The predicted molar refractivity (Wildman–Crippen MR) is 110 cm³/mol. The molecule has 0 aliphatic heterocycles. The van der Waals surface area contributed by atoms with Crippen molar-refractivity contribution in [2.24, 2.45) is 10.8 Å². The van der Waals surface area contributed by atoms with Gasteiger partial charge in [0.25, 0.3) is 10.0 Å². The van der Waals surface area contributed by atoms with Crippen LogP contribution in [-0.4, -0.2) is 31.2 Å². The van der Waals surface area contributed by atoms with Crippen LogP contribution in [-0.2, 0) is 10.0 Å². The van der Waals surface area contributed by atoms with Gasteiger partial charge in [-0.05, 0) is 49.4 Å². The van der Waals surface area contributed by atoms with Gasteiger partial charge in [0, 0.05) is 22.2 Å². The number of benzene rings is 2. The molecule has 8 nitrogen and oxygen atoms in total. The van der Waals surface area contributed by atoms with Crippen LogP contribution in [0.3, 0.4) is 0 Å². The molecule has 1 aromatic heterocycles. The SMILES string of the molecule is COc1ccc(S(=O)(=O)n2cc(/C(C)=N\NC(=N)N)c3cc(Cl)ccc32)cc1. The second-order valence-electron chi connectivity index (χ2n) is 5.90. The van der Waals surface area contributed by atoms with E-state index in [9.17, 15) is 8.42 Å². The highest BCUT2D eigenvalue weighted by molar-refractivity contribution is 7.90. The molecule has 0 saturated carbocycles. The molecule has 2 aromatic carbocycles. The summed E-state index contributed by atoms with van der Waals surface area (Å²) in [7, 11) is -2.36. The van der Waals surface area contributed by atoms with Gasteiger partial charge in [-0.2, -0.15) is 5.10 Å². The maximum atomic E-state index is 13.2. The molecular formula is C18H18ClN5O3S. The van der Waals surface area contributed by atoms with Crippen LogP contribution in [0.4, 0.5) is 0 Å². The zero-order valence-corrected chi connectivity index (χ0v) is 16.7. The van der Waals surface area contributed by atoms with Crippen LogP contribution in [0.5, 0.6) is 5.75 Å². The van der Waals surface area contributed by atoms with Crippen molar-refractivity contribution >= 4 is 44.2 Å². The smallest absolute Gasteiger partial charge is 0.268 e. The first kappa shape index (κ1) is 19.7. The molecule has 0 saturated heterocycles.